The first-order chi connectivity index (χ1) is 20.6. The van der Waals surface area contributed by atoms with Crippen molar-refractivity contribution in [1.29, 1.82) is 0 Å². The molecule has 0 saturated carbocycles. The summed E-state index contributed by atoms with van der Waals surface area (Å²) in [6, 6.07) is 32.3. The Kier molecular flexibility index (Phi) is 8.99. The molecule has 0 spiro atoms. The molecule has 6 heteroatoms. The van der Waals surface area contributed by atoms with Gasteiger partial charge in [-0.1, -0.05) is 89.1 Å². The van der Waals surface area contributed by atoms with Crippen LogP contribution in [0.2, 0.25) is 0 Å². The Balaban J connectivity index is 0.00000384. The third-order valence-corrected chi connectivity index (χ3v) is 8.20. The molecule has 6 rings (SSSR count). The number of hydrogen-bond acceptors (Lipinski definition) is 3. The number of aromatic hydroxyl groups is 1. The summed E-state index contributed by atoms with van der Waals surface area (Å²) < 4.78 is 4.13. The second kappa shape index (κ2) is 12.6. The molecule has 44 heavy (non-hydrogen) atoms. The molecule has 0 amide bonds. The molecule has 0 aliphatic carbocycles. The number of nitrogens with zero attached hydrogens (tertiary/aromatic N) is 4. The number of benzene rings is 4. The number of imidazole rings is 1. The normalized spacial score (nSPS) is 11.6. The first-order valence-corrected chi connectivity index (χ1v) is 15.2. The van der Waals surface area contributed by atoms with E-state index >= 15 is 0 Å². The molecule has 0 aliphatic rings. The second-order valence-electron chi connectivity index (χ2n) is 12.3. The van der Waals surface area contributed by atoms with Gasteiger partial charge in [0.15, 0.2) is 0 Å². The first kappa shape index (κ1) is 31.5. The predicted octanol–water partition coefficient (Wildman–Crippen LogP) is 9.73. The fourth-order valence-electron chi connectivity index (χ4n) is 5.85. The zero-order valence-corrected chi connectivity index (χ0v) is 28.6. The summed E-state index contributed by atoms with van der Waals surface area (Å²) in [4.78, 5) is 5.21. The van der Waals surface area contributed by atoms with Crippen molar-refractivity contribution >= 4 is 11.0 Å². The maximum Gasteiger partial charge on any atom is 0.141 e. The van der Waals surface area contributed by atoms with Crippen LogP contribution in [0.15, 0.2) is 84.9 Å². The summed E-state index contributed by atoms with van der Waals surface area (Å²) in [7, 11) is 0. The van der Waals surface area contributed by atoms with Gasteiger partial charge in [0.1, 0.15) is 11.4 Å². The molecule has 6 aromatic rings. The van der Waals surface area contributed by atoms with Crippen molar-refractivity contribution in [2.75, 3.05) is 0 Å². The van der Waals surface area contributed by atoms with Gasteiger partial charge in [0.05, 0.1) is 16.9 Å². The zero-order chi connectivity index (χ0) is 30.4. The third kappa shape index (κ3) is 5.66. The summed E-state index contributed by atoms with van der Waals surface area (Å²) in [6.45, 7) is 15.6. The van der Waals surface area contributed by atoms with Gasteiger partial charge >= 0.3 is 0 Å². The third-order valence-electron chi connectivity index (χ3n) is 8.20. The Morgan fingerprint density at radius 2 is 1.36 bits per heavy atom. The van der Waals surface area contributed by atoms with E-state index in [1.54, 1.807) is 10.7 Å². The summed E-state index contributed by atoms with van der Waals surface area (Å²) in [5.74, 6) is 2.15. The molecule has 2 aromatic heterocycles. The van der Waals surface area contributed by atoms with Crippen LogP contribution in [0, 0.1) is 13.0 Å². The average molecular weight is 763 g/mol. The Morgan fingerprint density at radius 3 is 2.02 bits per heavy atom. The molecule has 0 atom stereocenters. The van der Waals surface area contributed by atoms with Crippen molar-refractivity contribution in [1.82, 2.24) is 19.3 Å². The summed E-state index contributed by atoms with van der Waals surface area (Å²) in [5.41, 5.74) is 11.4. The zero-order valence-electron chi connectivity index (χ0n) is 26.4. The number of aromatic nitrogens is 4. The van der Waals surface area contributed by atoms with Gasteiger partial charge in [0.2, 0.25) is 0 Å². The summed E-state index contributed by atoms with van der Waals surface area (Å²) >= 11 is 0. The van der Waals surface area contributed by atoms with E-state index in [2.05, 4.69) is 88.6 Å². The van der Waals surface area contributed by atoms with Crippen LogP contribution in [0.1, 0.15) is 81.7 Å². The van der Waals surface area contributed by atoms with Crippen LogP contribution in [-0.4, -0.2) is 24.4 Å². The van der Waals surface area contributed by atoms with E-state index < -0.39 is 0 Å². The molecule has 0 aliphatic heterocycles. The van der Waals surface area contributed by atoms with Crippen LogP contribution in [0.25, 0.3) is 45.1 Å². The number of para-hydroxylation sites is 4. The van der Waals surface area contributed by atoms with Gasteiger partial charge in [0.25, 0.3) is 0 Å². The van der Waals surface area contributed by atoms with Crippen molar-refractivity contribution in [3.05, 3.63) is 113 Å². The Morgan fingerprint density at radius 1 is 0.727 bits per heavy atom. The number of rotatable bonds is 7. The maximum atomic E-state index is 10.5. The number of hydrogen-bond donors (Lipinski definition) is 1. The molecular weight excluding hydrogens is 724 g/mol. The molecule has 0 unspecified atom stereocenters. The van der Waals surface area contributed by atoms with Crippen molar-refractivity contribution in [3.8, 4) is 39.8 Å². The molecular formula is C38H39N4OPt-. The minimum absolute atomic E-state index is 0. The smallest absolute Gasteiger partial charge is 0.141 e. The monoisotopic (exact) mass is 762 g/mol. The molecule has 2 heterocycles. The fraction of sp³-hybridized carbons (Fsp3) is 0.263. The largest absolute Gasteiger partial charge is 0.506 e. The minimum atomic E-state index is 0. The predicted molar refractivity (Wildman–Crippen MR) is 177 cm³/mol. The Bertz CT molecular complexity index is 1920. The molecule has 0 radical (unpaired) electrons. The standard InChI is InChI=1S/C38H39N4O.Pt/c1-23(2)29-21-30(24(3)4)37(31(22-29)25(5)6)41-34-16-9-8-15-32(34)39-38(41)28-14-12-13-27(20-28)33-19-26(7)42(40-33)35-17-10-11-18-36(35)43;/h8-19,21-25,43H,1-7H3;/q-1;. The Labute approximate surface area is 274 Å². The molecule has 0 saturated heterocycles. The van der Waals surface area contributed by atoms with Crippen molar-refractivity contribution in [2.24, 2.45) is 0 Å². The van der Waals surface area contributed by atoms with E-state index in [4.69, 9.17) is 10.1 Å². The molecule has 0 fully saturated rings. The number of phenols is 1. The van der Waals surface area contributed by atoms with E-state index in [-0.39, 0.29) is 26.8 Å². The van der Waals surface area contributed by atoms with E-state index in [9.17, 15) is 5.11 Å². The average Bonchev–Trinajstić information content (AvgIpc) is 3.57. The van der Waals surface area contributed by atoms with Crippen LogP contribution in [0.4, 0.5) is 0 Å². The van der Waals surface area contributed by atoms with Crippen LogP contribution >= 0.6 is 0 Å². The van der Waals surface area contributed by atoms with Gasteiger partial charge in [-0.3, -0.25) is 4.98 Å². The first-order valence-electron chi connectivity index (χ1n) is 15.2. The molecule has 0 bridgehead atoms. The fourth-order valence-corrected chi connectivity index (χ4v) is 5.85. The number of fused-ring (bicyclic) bond motifs is 1. The van der Waals surface area contributed by atoms with Gasteiger partial charge in [-0.05, 0) is 71.7 Å². The van der Waals surface area contributed by atoms with Crippen LogP contribution < -0.4 is 0 Å². The van der Waals surface area contributed by atoms with E-state index in [1.807, 2.05) is 49.4 Å². The minimum Gasteiger partial charge on any atom is -0.506 e. The topological polar surface area (TPSA) is 55.9 Å². The second-order valence-corrected chi connectivity index (χ2v) is 12.3. The van der Waals surface area contributed by atoms with E-state index in [1.165, 1.54) is 22.4 Å². The van der Waals surface area contributed by atoms with Crippen molar-refractivity contribution in [2.45, 2.75) is 66.2 Å². The summed E-state index contributed by atoms with van der Waals surface area (Å²) in [6.07, 6.45) is 0. The van der Waals surface area contributed by atoms with Gasteiger partial charge in [-0.25, -0.2) is 9.78 Å². The quantitative estimate of drug-likeness (QED) is 0.165. The van der Waals surface area contributed by atoms with Gasteiger partial charge in [-0.2, -0.15) is 0 Å². The Hall–Kier alpha value is -3.95. The molecule has 5 nitrogen and oxygen atoms in total. The van der Waals surface area contributed by atoms with Crippen LogP contribution in [0.3, 0.4) is 0 Å². The number of phenolic OH excluding ortho intramolecular Hbond substituents is 1. The van der Waals surface area contributed by atoms with Crippen molar-refractivity contribution < 1.29 is 26.2 Å². The van der Waals surface area contributed by atoms with Gasteiger partial charge in [-0.15, -0.1) is 24.3 Å². The summed E-state index contributed by atoms with van der Waals surface area (Å²) in [5, 5.41) is 15.3. The molecule has 4 aromatic carbocycles. The maximum absolute atomic E-state index is 10.5. The van der Waals surface area contributed by atoms with Gasteiger partial charge in [0, 0.05) is 38.1 Å². The SMILES string of the molecule is Cc1cc(-c2[c-]c(-c3nc4ccccc4n3-c3c(C(C)C)cc(C(C)C)cc3C(C)C)ccc2)nn1-c1ccccc1O.[Pt]. The molecule has 1 N–H and O–H groups in total. The van der Waals surface area contributed by atoms with Gasteiger partial charge < -0.3 is 9.67 Å². The van der Waals surface area contributed by atoms with E-state index in [0.717, 1.165) is 39.4 Å². The van der Waals surface area contributed by atoms with Crippen molar-refractivity contribution in [3.63, 3.8) is 0 Å². The van der Waals surface area contributed by atoms with Crippen LogP contribution in [-0.2, 0) is 21.1 Å². The number of aryl methyl sites for hydroxylation is 1. The molecule has 228 valence electrons. The van der Waals surface area contributed by atoms with E-state index in [0.29, 0.717) is 23.4 Å². The van der Waals surface area contributed by atoms with Crippen LogP contribution in [0.5, 0.6) is 5.75 Å².